The van der Waals surface area contributed by atoms with E-state index in [0.29, 0.717) is 5.56 Å². The Balaban J connectivity index is 1.81. The van der Waals surface area contributed by atoms with Crippen molar-refractivity contribution in [3.05, 3.63) is 59.7 Å². The van der Waals surface area contributed by atoms with Crippen LogP contribution in [0.25, 0.3) is 0 Å². The fourth-order valence-corrected chi connectivity index (χ4v) is 1.94. The Hall–Kier alpha value is -3.17. The number of anilines is 1. The highest BCUT2D eigenvalue weighted by Gasteiger charge is 2.30. The summed E-state index contributed by atoms with van der Waals surface area (Å²) in [7, 11) is 0. The minimum atomic E-state index is -4.47. The lowest BCUT2D eigenvalue weighted by Gasteiger charge is -2.10. The summed E-state index contributed by atoms with van der Waals surface area (Å²) >= 11 is 0. The van der Waals surface area contributed by atoms with Gasteiger partial charge in [0.05, 0.1) is 18.3 Å². The first kappa shape index (κ1) is 20.1. The number of halogens is 5. The van der Waals surface area contributed by atoms with E-state index in [2.05, 4.69) is 20.6 Å². The fourth-order valence-electron chi connectivity index (χ4n) is 1.94. The number of amides is 1. The van der Waals surface area contributed by atoms with Crippen molar-refractivity contribution in [3.63, 3.8) is 0 Å². The Morgan fingerprint density at radius 2 is 1.85 bits per heavy atom. The second kappa shape index (κ2) is 8.97. The van der Waals surface area contributed by atoms with Gasteiger partial charge < -0.3 is 10.1 Å². The number of carbonyl (C=O) groups is 1. The van der Waals surface area contributed by atoms with Crippen molar-refractivity contribution in [1.29, 1.82) is 0 Å². The summed E-state index contributed by atoms with van der Waals surface area (Å²) in [4.78, 5) is 11.7. The summed E-state index contributed by atoms with van der Waals surface area (Å²) in [6.07, 6.45) is -3.20. The Kier molecular flexibility index (Phi) is 6.69. The number of carbonyl (C=O) groups excluding carboxylic acids is 1. The van der Waals surface area contributed by atoms with Gasteiger partial charge in [-0.3, -0.25) is 4.79 Å². The second-order valence-corrected chi connectivity index (χ2v) is 5.17. The van der Waals surface area contributed by atoms with Gasteiger partial charge in [0, 0.05) is 5.69 Å². The van der Waals surface area contributed by atoms with Crippen LogP contribution in [0.3, 0.4) is 0 Å². The van der Waals surface area contributed by atoms with Crippen LogP contribution in [0.1, 0.15) is 11.1 Å². The van der Waals surface area contributed by atoms with Crippen molar-refractivity contribution < 1.29 is 31.5 Å². The highest BCUT2D eigenvalue weighted by Crippen LogP contribution is 2.30. The van der Waals surface area contributed by atoms with Crippen LogP contribution in [0, 0.1) is 0 Å². The van der Waals surface area contributed by atoms with E-state index >= 15 is 0 Å². The van der Waals surface area contributed by atoms with Gasteiger partial charge >= 0.3 is 12.8 Å². The molecule has 0 spiro atoms. The smallest absolute Gasteiger partial charge is 0.416 e. The van der Waals surface area contributed by atoms with Crippen LogP contribution in [0.5, 0.6) is 5.75 Å². The second-order valence-electron chi connectivity index (χ2n) is 5.17. The van der Waals surface area contributed by atoms with Crippen molar-refractivity contribution >= 4 is 17.8 Å². The van der Waals surface area contributed by atoms with E-state index in [-0.39, 0.29) is 18.0 Å². The molecule has 0 saturated heterocycles. The lowest BCUT2D eigenvalue weighted by molar-refractivity contribution is -0.137. The van der Waals surface area contributed by atoms with Crippen LogP contribution >= 0.6 is 0 Å². The molecular formula is C17H14F5N3O2. The molecule has 2 N–H and O–H groups in total. The predicted octanol–water partition coefficient (Wildman–Crippen LogP) is 3.87. The van der Waals surface area contributed by atoms with Gasteiger partial charge in [-0.2, -0.15) is 27.1 Å². The zero-order chi connectivity index (χ0) is 19.9. The molecule has 0 aliphatic rings. The molecule has 0 unspecified atom stereocenters. The summed E-state index contributed by atoms with van der Waals surface area (Å²) in [6, 6.07) is 9.96. The molecule has 2 aromatic carbocycles. The molecule has 0 bridgehead atoms. The number of alkyl halides is 5. The van der Waals surface area contributed by atoms with Crippen molar-refractivity contribution in [3.8, 4) is 5.75 Å². The number of nitrogens with zero attached hydrogens (tertiary/aromatic N) is 1. The maximum atomic E-state index is 12.6. The molecule has 27 heavy (non-hydrogen) atoms. The molecule has 0 atom stereocenters. The van der Waals surface area contributed by atoms with Crippen LogP contribution in [-0.4, -0.2) is 25.3 Å². The Morgan fingerprint density at radius 3 is 2.48 bits per heavy atom. The molecule has 0 aliphatic carbocycles. The minimum Gasteiger partial charge on any atom is -0.435 e. The first-order chi connectivity index (χ1) is 12.7. The van der Waals surface area contributed by atoms with E-state index in [9.17, 15) is 26.7 Å². The van der Waals surface area contributed by atoms with E-state index in [1.54, 1.807) is 0 Å². The van der Waals surface area contributed by atoms with Crippen LogP contribution in [0.2, 0.25) is 0 Å². The number of hydrogen-bond acceptors (Lipinski definition) is 4. The molecule has 0 radical (unpaired) electrons. The molecule has 144 valence electrons. The largest absolute Gasteiger partial charge is 0.435 e. The number of hydrogen-bond donors (Lipinski definition) is 2. The molecule has 10 heteroatoms. The highest BCUT2D eigenvalue weighted by atomic mass is 19.4. The molecule has 2 rings (SSSR count). The van der Waals surface area contributed by atoms with E-state index in [4.69, 9.17) is 0 Å². The predicted molar refractivity (Wildman–Crippen MR) is 88.7 cm³/mol. The monoisotopic (exact) mass is 387 g/mol. The SMILES string of the molecule is O=C(CNc1cccc(C(F)(F)F)c1)N/N=C\c1ccc(OC(F)F)cc1. The fraction of sp³-hybridized carbons (Fsp3) is 0.176. The lowest BCUT2D eigenvalue weighted by Crippen LogP contribution is -2.26. The molecule has 0 fully saturated rings. The standard InChI is InChI=1S/C17H14F5N3O2/c18-16(19)27-14-6-4-11(5-7-14)9-24-25-15(26)10-23-13-3-1-2-12(8-13)17(20,21)22/h1-9,16,23H,10H2,(H,25,26)/b24-9-. The number of rotatable bonds is 7. The summed E-state index contributed by atoms with van der Waals surface area (Å²) in [5.74, 6) is -0.599. The molecule has 5 nitrogen and oxygen atoms in total. The average Bonchev–Trinajstić information content (AvgIpc) is 2.60. The van der Waals surface area contributed by atoms with Crippen LogP contribution < -0.4 is 15.5 Å². The molecule has 0 aliphatic heterocycles. The van der Waals surface area contributed by atoms with E-state index in [1.807, 2.05) is 0 Å². The van der Waals surface area contributed by atoms with Crippen LogP contribution in [0.4, 0.5) is 27.6 Å². The molecule has 0 aromatic heterocycles. The molecule has 0 heterocycles. The van der Waals surface area contributed by atoms with Gasteiger partial charge in [-0.15, -0.1) is 0 Å². The highest BCUT2D eigenvalue weighted by molar-refractivity contribution is 5.84. The summed E-state index contributed by atoms with van der Waals surface area (Å²) in [6.45, 7) is -3.21. The van der Waals surface area contributed by atoms with E-state index < -0.39 is 24.3 Å². The third-order valence-electron chi connectivity index (χ3n) is 3.15. The Morgan fingerprint density at radius 1 is 1.15 bits per heavy atom. The Labute approximate surface area is 150 Å². The van der Waals surface area contributed by atoms with Crippen molar-refractivity contribution in [2.75, 3.05) is 11.9 Å². The van der Waals surface area contributed by atoms with Gasteiger partial charge in [0.25, 0.3) is 5.91 Å². The zero-order valence-corrected chi connectivity index (χ0v) is 13.6. The third kappa shape index (κ3) is 6.92. The molecule has 0 saturated carbocycles. The van der Waals surface area contributed by atoms with E-state index in [1.165, 1.54) is 42.6 Å². The van der Waals surface area contributed by atoms with Crippen molar-refractivity contribution in [2.24, 2.45) is 5.10 Å². The minimum absolute atomic E-state index is 0.0172. The molecule has 2 aromatic rings. The number of benzene rings is 2. The third-order valence-corrected chi connectivity index (χ3v) is 3.15. The van der Waals surface area contributed by atoms with Gasteiger partial charge in [-0.05, 0) is 48.0 Å². The summed E-state index contributed by atoms with van der Waals surface area (Å²) < 4.78 is 66.1. The van der Waals surface area contributed by atoms with Gasteiger partial charge in [0.1, 0.15) is 5.75 Å². The first-order valence-electron chi connectivity index (χ1n) is 7.52. The summed E-state index contributed by atoms with van der Waals surface area (Å²) in [5, 5.41) is 6.23. The number of ether oxygens (including phenoxy) is 1. The van der Waals surface area contributed by atoms with Gasteiger partial charge in [0.2, 0.25) is 0 Å². The first-order valence-corrected chi connectivity index (χ1v) is 7.52. The van der Waals surface area contributed by atoms with Crippen LogP contribution in [-0.2, 0) is 11.0 Å². The molecular weight excluding hydrogens is 373 g/mol. The van der Waals surface area contributed by atoms with Gasteiger partial charge in [0.15, 0.2) is 0 Å². The lowest BCUT2D eigenvalue weighted by atomic mass is 10.2. The van der Waals surface area contributed by atoms with Crippen molar-refractivity contribution in [1.82, 2.24) is 5.43 Å². The number of hydrazone groups is 1. The summed E-state index contributed by atoms with van der Waals surface area (Å²) in [5.41, 5.74) is 2.01. The zero-order valence-electron chi connectivity index (χ0n) is 13.6. The number of nitrogens with one attached hydrogen (secondary N) is 2. The Bertz CT molecular complexity index is 792. The maximum Gasteiger partial charge on any atom is 0.416 e. The van der Waals surface area contributed by atoms with Gasteiger partial charge in [-0.1, -0.05) is 6.07 Å². The quantitative estimate of drug-likeness (QED) is 0.431. The van der Waals surface area contributed by atoms with Gasteiger partial charge in [-0.25, -0.2) is 5.43 Å². The molecule has 1 amide bonds. The maximum absolute atomic E-state index is 12.6. The van der Waals surface area contributed by atoms with E-state index in [0.717, 1.165) is 12.1 Å². The van der Waals surface area contributed by atoms with Crippen LogP contribution in [0.15, 0.2) is 53.6 Å². The van der Waals surface area contributed by atoms with Crippen molar-refractivity contribution in [2.45, 2.75) is 12.8 Å². The average molecular weight is 387 g/mol. The normalized spacial score (nSPS) is 11.6. The topological polar surface area (TPSA) is 62.7 Å².